The highest BCUT2D eigenvalue weighted by molar-refractivity contribution is 5.54. The van der Waals surface area contributed by atoms with Crippen LogP contribution in [-0.4, -0.2) is 14.2 Å². The summed E-state index contributed by atoms with van der Waals surface area (Å²) in [6, 6.07) is 56.0. The zero-order valence-corrected chi connectivity index (χ0v) is 44.7. The number of benzene rings is 6. The second-order valence-electron chi connectivity index (χ2n) is 23.9. The van der Waals surface area contributed by atoms with Gasteiger partial charge >= 0.3 is 0 Å². The fraction of sp³-hybridized carbons (Fsp3) is 0.455. The molecule has 0 aromatic heterocycles. The summed E-state index contributed by atoms with van der Waals surface area (Å²) in [4.78, 5) is 0. The van der Waals surface area contributed by atoms with Gasteiger partial charge in [0, 0.05) is 10.8 Å². The van der Waals surface area contributed by atoms with E-state index in [1.54, 1.807) is 14.2 Å². The maximum atomic E-state index is 5.67. The lowest BCUT2D eigenvalue weighted by Gasteiger charge is -2.37. The van der Waals surface area contributed by atoms with E-state index in [-0.39, 0.29) is 32.5 Å². The lowest BCUT2D eigenvalue weighted by Crippen LogP contribution is -2.30. The van der Waals surface area contributed by atoms with Crippen molar-refractivity contribution in [1.82, 2.24) is 0 Å². The van der Waals surface area contributed by atoms with Crippen LogP contribution in [-0.2, 0) is 32.5 Å². The number of hydrogen-bond acceptors (Lipinski definition) is 2. The third kappa shape index (κ3) is 12.2. The fourth-order valence-electron chi connectivity index (χ4n) is 10.5. The Morgan fingerprint density at radius 1 is 0.235 bits per heavy atom. The third-order valence-corrected chi connectivity index (χ3v) is 15.0. The summed E-state index contributed by atoms with van der Waals surface area (Å²) in [6.07, 6.45) is 11.9. The second kappa shape index (κ2) is 21.7. The van der Waals surface area contributed by atoms with Crippen molar-refractivity contribution in [3.8, 4) is 11.5 Å². The number of hydrogen-bond donors (Lipinski definition) is 0. The summed E-state index contributed by atoms with van der Waals surface area (Å²) in [5.41, 5.74) is 13.3. The van der Waals surface area contributed by atoms with Crippen LogP contribution in [0.4, 0.5) is 0 Å². The van der Waals surface area contributed by atoms with E-state index < -0.39 is 0 Å². The molecule has 0 heterocycles. The Morgan fingerprint density at radius 3 is 0.574 bits per heavy atom. The molecule has 6 rings (SSSR count). The zero-order chi connectivity index (χ0) is 49.4. The summed E-state index contributed by atoms with van der Waals surface area (Å²) >= 11 is 0. The van der Waals surface area contributed by atoms with E-state index in [2.05, 4.69) is 229 Å². The van der Waals surface area contributed by atoms with E-state index in [4.69, 9.17) is 9.47 Å². The van der Waals surface area contributed by atoms with Crippen LogP contribution in [0.3, 0.4) is 0 Å². The molecule has 0 fully saturated rings. The monoisotopic (exact) mass is 911 g/mol. The highest BCUT2D eigenvalue weighted by Gasteiger charge is 2.38. The van der Waals surface area contributed by atoms with Gasteiger partial charge in [-0.15, -0.1) is 0 Å². The van der Waals surface area contributed by atoms with Crippen molar-refractivity contribution in [3.63, 3.8) is 0 Å². The van der Waals surface area contributed by atoms with Crippen LogP contribution in [0.25, 0.3) is 0 Å². The quantitative estimate of drug-likeness (QED) is 0.0595. The first-order valence-electron chi connectivity index (χ1n) is 25.9. The smallest absolute Gasteiger partial charge is 0.118 e. The summed E-state index contributed by atoms with van der Waals surface area (Å²) in [5, 5.41) is 0. The lowest BCUT2D eigenvalue weighted by atomic mass is 9.65. The third-order valence-electron chi connectivity index (χ3n) is 15.0. The Morgan fingerprint density at radius 2 is 0.397 bits per heavy atom. The molecule has 0 radical (unpaired) electrons. The Kier molecular flexibility index (Phi) is 16.7. The van der Waals surface area contributed by atoms with Crippen molar-refractivity contribution in [2.24, 2.45) is 0 Å². The summed E-state index contributed by atoms with van der Waals surface area (Å²) in [5.74, 6) is 1.79. The largest absolute Gasteiger partial charge is 0.497 e. The van der Waals surface area contributed by atoms with Gasteiger partial charge in [-0.25, -0.2) is 0 Å². The fourth-order valence-corrected chi connectivity index (χ4v) is 10.5. The van der Waals surface area contributed by atoms with Gasteiger partial charge in [-0.05, 0) is 114 Å². The van der Waals surface area contributed by atoms with Gasteiger partial charge in [0.2, 0.25) is 0 Å². The first-order valence-corrected chi connectivity index (χ1v) is 25.9. The molecular formula is C66H86O2. The molecule has 0 aliphatic rings. The first kappa shape index (κ1) is 52.3. The van der Waals surface area contributed by atoms with Crippen LogP contribution in [0.5, 0.6) is 11.5 Å². The number of ether oxygens (including phenoxy) is 2. The van der Waals surface area contributed by atoms with Crippen LogP contribution in [0.2, 0.25) is 0 Å². The number of methoxy groups -OCH3 is 2. The predicted octanol–water partition coefficient (Wildman–Crippen LogP) is 18.2. The molecule has 68 heavy (non-hydrogen) atoms. The Bertz CT molecular complexity index is 2150. The molecule has 2 nitrogen and oxygen atoms in total. The van der Waals surface area contributed by atoms with Crippen LogP contribution in [0.15, 0.2) is 146 Å². The van der Waals surface area contributed by atoms with Gasteiger partial charge in [0.15, 0.2) is 0 Å². The molecule has 0 bridgehead atoms. The number of rotatable bonds is 19. The van der Waals surface area contributed by atoms with Gasteiger partial charge in [0.25, 0.3) is 0 Å². The Balaban J connectivity index is 1.19. The topological polar surface area (TPSA) is 18.5 Å². The van der Waals surface area contributed by atoms with E-state index in [0.717, 1.165) is 37.2 Å². The molecular weight excluding hydrogens is 825 g/mol. The molecule has 0 N–H and O–H groups in total. The molecule has 362 valence electrons. The van der Waals surface area contributed by atoms with Crippen LogP contribution >= 0.6 is 0 Å². The van der Waals surface area contributed by atoms with Crippen LogP contribution in [0.1, 0.15) is 203 Å². The van der Waals surface area contributed by atoms with Gasteiger partial charge < -0.3 is 9.47 Å². The highest BCUT2D eigenvalue weighted by atomic mass is 16.5. The predicted molar refractivity (Wildman–Crippen MR) is 292 cm³/mol. The Hall–Kier alpha value is -5.08. The van der Waals surface area contributed by atoms with Crippen molar-refractivity contribution >= 4 is 0 Å². The van der Waals surface area contributed by atoms with Gasteiger partial charge in [0.05, 0.1) is 14.2 Å². The maximum Gasteiger partial charge on any atom is 0.118 e. The maximum absolute atomic E-state index is 5.67. The summed E-state index contributed by atoms with van der Waals surface area (Å²) < 4.78 is 11.3. The van der Waals surface area contributed by atoms with Crippen molar-refractivity contribution < 1.29 is 9.47 Å². The average Bonchev–Trinajstić information content (AvgIpc) is 3.31. The molecule has 0 amide bonds. The van der Waals surface area contributed by atoms with E-state index in [9.17, 15) is 0 Å². The Labute approximate surface area is 414 Å². The van der Waals surface area contributed by atoms with Gasteiger partial charge in [0.1, 0.15) is 11.5 Å². The standard InChI is InChI=1S/C66H86O2/c1-61(2,3)49-23-31-53(32-24-49)65(57-39-43-59(67-13)44-40-57,54-33-25-50(26-34-54)62(4,5)6)47-21-19-17-15-16-18-20-22-48-66(58-41-45-60(68-14)46-42-58,55-35-27-51(28-36-55)63(7,8)9)56-37-29-52(30-38-56)64(10,11)12/h23-46H,15-22,47-48H2,1-14H3. The summed E-state index contributed by atoms with van der Waals surface area (Å²) in [6.45, 7) is 27.7. The van der Waals surface area contributed by atoms with Gasteiger partial charge in [-0.2, -0.15) is 0 Å². The molecule has 2 heteroatoms. The van der Waals surface area contributed by atoms with Crippen molar-refractivity contribution in [3.05, 3.63) is 201 Å². The highest BCUT2D eigenvalue weighted by Crippen LogP contribution is 2.47. The molecule has 6 aromatic rings. The van der Waals surface area contributed by atoms with E-state index >= 15 is 0 Å². The molecule has 0 saturated carbocycles. The molecule has 0 aliphatic carbocycles. The van der Waals surface area contributed by atoms with Crippen molar-refractivity contribution in [2.75, 3.05) is 14.2 Å². The van der Waals surface area contributed by atoms with Gasteiger partial charge in [-0.3, -0.25) is 0 Å². The minimum Gasteiger partial charge on any atom is -0.497 e. The molecule has 6 aromatic carbocycles. The normalized spacial score (nSPS) is 12.9. The second-order valence-corrected chi connectivity index (χ2v) is 23.9. The number of unbranched alkanes of at least 4 members (excludes halogenated alkanes) is 7. The molecule has 0 spiro atoms. The van der Waals surface area contributed by atoms with Crippen molar-refractivity contribution in [1.29, 1.82) is 0 Å². The molecule has 0 unspecified atom stereocenters. The van der Waals surface area contributed by atoms with Crippen LogP contribution in [0, 0.1) is 0 Å². The average molecular weight is 911 g/mol. The zero-order valence-electron chi connectivity index (χ0n) is 44.7. The molecule has 0 aliphatic heterocycles. The molecule has 0 saturated heterocycles. The SMILES string of the molecule is COc1ccc(C(CCCCCCCCCCC(c2ccc(OC)cc2)(c2ccc(C(C)(C)C)cc2)c2ccc(C(C)(C)C)cc2)(c2ccc(C(C)(C)C)cc2)c2ccc(C(C)(C)C)cc2)cc1. The van der Waals surface area contributed by atoms with Crippen molar-refractivity contribution in [2.45, 2.75) is 180 Å². The van der Waals surface area contributed by atoms with E-state index in [1.807, 2.05) is 0 Å². The van der Waals surface area contributed by atoms with Gasteiger partial charge in [-0.1, -0.05) is 256 Å². The lowest BCUT2D eigenvalue weighted by molar-refractivity contribution is 0.414. The minimum absolute atomic E-state index is 0.0893. The summed E-state index contributed by atoms with van der Waals surface area (Å²) in [7, 11) is 3.52. The minimum atomic E-state index is -0.282. The first-order chi connectivity index (χ1) is 32.1. The molecule has 0 atom stereocenters. The van der Waals surface area contributed by atoms with Crippen LogP contribution < -0.4 is 9.47 Å². The van der Waals surface area contributed by atoms with E-state index in [1.165, 1.54) is 94.2 Å². The van der Waals surface area contributed by atoms with E-state index in [0.29, 0.717) is 0 Å².